The Morgan fingerprint density at radius 3 is 1.67 bits per heavy atom. The standard InChI is InChI=1S/C26H48O4/c1-21(2)14-11-9-7-5-6-8-10-12-18-29-25(27)23-15-13-16-24(20-23)26(28)30-19-17-22(3)4/h21-24H,5-20H2,1-4H3. The van der Waals surface area contributed by atoms with Crippen molar-refractivity contribution in [3.8, 4) is 0 Å². The second kappa shape index (κ2) is 16.6. The van der Waals surface area contributed by atoms with Crippen LogP contribution in [0.3, 0.4) is 0 Å². The van der Waals surface area contributed by atoms with Crippen molar-refractivity contribution in [1.82, 2.24) is 0 Å². The molecule has 0 radical (unpaired) electrons. The van der Waals surface area contributed by atoms with Gasteiger partial charge in [0.25, 0.3) is 0 Å². The molecule has 4 heteroatoms. The smallest absolute Gasteiger partial charge is 0.308 e. The Bertz CT molecular complexity index is 458. The van der Waals surface area contributed by atoms with E-state index >= 15 is 0 Å². The van der Waals surface area contributed by atoms with E-state index in [9.17, 15) is 9.59 Å². The summed E-state index contributed by atoms with van der Waals surface area (Å²) in [6.07, 6.45) is 15.4. The van der Waals surface area contributed by atoms with Gasteiger partial charge in [-0.25, -0.2) is 0 Å². The lowest BCUT2D eigenvalue weighted by Gasteiger charge is -2.26. The molecule has 1 rings (SSSR count). The molecule has 1 fully saturated rings. The largest absolute Gasteiger partial charge is 0.465 e. The van der Waals surface area contributed by atoms with Crippen LogP contribution in [0.4, 0.5) is 0 Å². The molecule has 0 bridgehead atoms. The molecule has 0 aromatic heterocycles. The summed E-state index contributed by atoms with van der Waals surface area (Å²) in [6.45, 7) is 9.84. The summed E-state index contributed by atoms with van der Waals surface area (Å²) in [5.74, 6) is 0.853. The van der Waals surface area contributed by atoms with Gasteiger partial charge in [0.15, 0.2) is 0 Å². The lowest BCUT2D eigenvalue weighted by molar-refractivity contribution is -0.155. The lowest BCUT2D eigenvalue weighted by Crippen LogP contribution is -2.30. The van der Waals surface area contributed by atoms with Gasteiger partial charge >= 0.3 is 11.9 Å². The Morgan fingerprint density at radius 1 is 0.667 bits per heavy atom. The predicted octanol–water partition coefficient (Wildman–Crippen LogP) is 7.09. The minimum Gasteiger partial charge on any atom is -0.465 e. The lowest BCUT2D eigenvalue weighted by atomic mass is 9.81. The third kappa shape index (κ3) is 13.3. The van der Waals surface area contributed by atoms with Gasteiger partial charge in [0.1, 0.15) is 0 Å². The van der Waals surface area contributed by atoms with E-state index < -0.39 is 0 Å². The van der Waals surface area contributed by atoms with Crippen LogP contribution in [0.1, 0.15) is 118 Å². The number of ether oxygens (including phenoxy) is 2. The van der Waals surface area contributed by atoms with E-state index in [4.69, 9.17) is 9.47 Å². The first-order valence-corrected chi connectivity index (χ1v) is 12.7. The highest BCUT2D eigenvalue weighted by Crippen LogP contribution is 2.31. The number of rotatable bonds is 16. The summed E-state index contributed by atoms with van der Waals surface area (Å²) < 4.78 is 10.9. The normalized spacial score (nSPS) is 19.3. The molecule has 0 amide bonds. The molecule has 4 nitrogen and oxygen atoms in total. The van der Waals surface area contributed by atoms with E-state index in [1.54, 1.807) is 0 Å². The van der Waals surface area contributed by atoms with Crippen molar-refractivity contribution >= 4 is 11.9 Å². The molecule has 0 aromatic carbocycles. The molecule has 1 aliphatic rings. The topological polar surface area (TPSA) is 52.6 Å². The van der Waals surface area contributed by atoms with Crippen LogP contribution >= 0.6 is 0 Å². The molecule has 0 saturated heterocycles. The quantitative estimate of drug-likeness (QED) is 0.196. The zero-order valence-corrected chi connectivity index (χ0v) is 20.3. The molecule has 2 atom stereocenters. The van der Waals surface area contributed by atoms with Gasteiger partial charge in [-0.2, -0.15) is 0 Å². The minimum atomic E-state index is -0.135. The third-order valence-corrected chi connectivity index (χ3v) is 6.20. The predicted molar refractivity (Wildman–Crippen MR) is 123 cm³/mol. The maximum absolute atomic E-state index is 12.4. The van der Waals surface area contributed by atoms with Gasteiger partial charge in [0.2, 0.25) is 0 Å². The van der Waals surface area contributed by atoms with Crippen LogP contribution in [-0.2, 0) is 19.1 Å². The molecule has 30 heavy (non-hydrogen) atoms. The van der Waals surface area contributed by atoms with E-state index in [-0.39, 0.29) is 23.8 Å². The zero-order chi connectivity index (χ0) is 22.2. The molecule has 0 aliphatic heterocycles. The first kappa shape index (κ1) is 27.0. The Labute approximate surface area is 185 Å². The van der Waals surface area contributed by atoms with Crippen LogP contribution in [0.15, 0.2) is 0 Å². The number of carbonyl (C=O) groups is 2. The van der Waals surface area contributed by atoms with Gasteiger partial charge in [0.05, 0.1) is 25.0 Å². The van der Waals surface area contributed by atoms with Crippen molar-refractivity contribution in [2.75, 3.05) is 13.2 Å². The molecular weight excluding hydrogens is 376 g/mol. The van der Waals surface area contributed by atoms with Gasteiger partial charge < -0.3 is 9.47 Å². The average molecular weight is 425 g/mol. The van der Waals surface area contributed by atoms with Gasteiger partial charge in [-0.15, -0.1) is 0 Å². The Balaban J connectivity index is 2.05. The second-order valence-electron chi connectivity index (χ2n) is 10.1. The van der Waals surface area contributed by atoms with Gasteiger partial charge in [-0.3, -0.25) is 9.59 Å². The van der Waals surface area contributed by atoms with Crippen LogP contribution in [0, 0.1) is 23.7 Å². The third-order valence-electron chi connectivity index (χ3n) is 6.20. The SMILES string of the molecule is CC(C)CCCCCCCCCCOC(=O)C1CCCC(C(=O)OCCC(C)C)C1. The van der Waals surface area contributed by atoms with Crippen LogP contribution in [-0.4, -0.2) is 25.2 Å². The molecule has 0 N–H and O–H groups in total. The highest BCUT2D eigenvalue weighted by atomic mass is 16.5. The van der Waals surface area contributed by atoms with Crippen molar-refractivity contribution in [3.63, 3.8) is 0 Å². The molecule has 0 aromatic rings. The fourth-order valence-electron chi connectivity index (χ4n) is 4.14. The number of esters is 2. The first-order chi connectivity index (χ1) is 14.4. The number of carbonyl (C=O) groups excluding carboxylic acids is 2. The molecule has 2 unspecified atom stereocenters. The summed E-state index contributed by atoms with van der Waals surface area (Å²) in [4.78, 5) is 24.6. The number of hydrogen-bond donors (Lipinski definition) is 0. The van der Waals surface area contributed by atoms with Crippen molar-refractivity contribution in [2.24, 2.45) is 23.7 Å². The first-order valence-electron chi connectivity index (χ1n) is 12.7. The van der Waals surface area contributed by atoms with Crippen LogP contribution in [0.5, 0.6) is 0 Å². The minimum absolute atomic E-state index is 0.111. The van der Waals surface area contributed by atoms with Gasteiger partial charge in [-0.05, 0) is 43.9 Å². The molecule has 1 aliphatic carbocycles. The summed E-state index contributed by atoms with van der Waals surface area (Å²) in [7, 11) is 0. The summed E-state index contributed by atoms with van der Waals surface area (Å²) in [6, 6.07) is 0. The summed E-state index contributed by atoms with van der Waals surface area (Å²) in [5, 5.41) is 0. The van der Waals surface area contributed by atoms with Crippen molar-refractivity contribution in [3.05, 3.63) is 0 Å². The number of hydrogen-bond acceptors (Lipinski definition) is 4. The van der Waals surface area contributed by atoms with Crippen molar-refractivity contribution in [1.29, 1.82) is 0 Å². The second-order valence-corrected chi connectivity index (χ2v) is 10.1. The van der Waals surface area contributed by atoms with Gasteiger partial charge in [0, 0.05) is 0 Å². The molecule has 1 saturated carbocycles. The summed E-state index contributed by atoms with van der Waals surface area (Å²) in [5.41, 5.74) is 0. The van der Waals surface area contributed by atoms with E-state index in [2.05, 4.69) is 27.7 Å². The van der Waals surface area contributed by atoms with E-state index in [1.807, 2.05) is 0 Å². The van der Waals surface area contributed by atoms with Gasteiger partial charge in [-0.1, -0.05) is 85.5 Å². The average Bonchev–Trinajstić information content (AvgIpc) is 2.71. The van der Waals surface area contributed by atoms with Crippen LogP contribution < -0.4 is 0 Å². The summed E-state index contributed by atoms with van der Waals surface area (Å²) >= 11 is 0. The zero-order valence-electron chi connectivity index (χ0n) is 20.3. The highest BCUT2D eigenvalue weighted by molar-refractivity contribution is 5.76. The Hall–Kier alpha value is -1.06. The monoisotopic (exact) mass is 424 g/mol. The fourth-order valence-corrected chi connectivity index (χ4v) is 4.14. The maximum Gasteiger partial charge on any atom is 0.308 e. The Kier molecular flexibility index (Phi) is 14.9. The van der Waals surface area contributed by atoms with E-state index in [0.29, 0.717) is 25.6 Å². The Morgan fingerprint density at radius 2 is 1.13 bits per heavy atom. The van der Waals surface area contributed by atoms with Crippen LogP contribution in [0.2, 0.25) is 0 Å². The van der Waals surface area contributed by atoms with Crippen molar-refractivity contribution < 1.29 is 19.1 Å². The molecule has 176 valence electrons. The molecular formula is C26H48O4. The fraction of sp³-hybridized carbons (Fsp3) is 0.923. The maximum atomic E-state index is 12.4. The highest BCUT2D eigenvalue weighted by Gasteiger charge is 2.32. The van der Waals surface area contributed by atoms with E-state index in [0.717, 1.165) is 44.4 Å². The number of unbranched alkanes of at least 4 members (excludes halogenated alkanes) is 7. The molecule has 0 spiro atoms. The van der Waals surface area contributed by atoms with Crippen molar-refractivity contribution in [2.45, 2.75) is 118 Å². The molecule has 0 heterocycles. The van der Waals surface area contributed by atoms with E-state index in [1.165, 1.54) is 44.9 Å². The van der Waals surface area contributed by atoms with Crippen LogP contribution in [0.25, 0.3) is 0 Å².